The third-order valence-corrected chi connectivity index (χ3v) is 4.37. The molecule has 106 valence electrons. The molecule has 1 saturated carbocycles. The van der Waals surface area contributed by atoms with Crippen LogP contribution in [0.2, 0.25) is 0 Å². The minimum Gasteiger partial charge on any atom is -0.355 e. The van der Waals surface area contributed by atoms with E-state index in [1.807, 2.05) is 0 Å². The largest absolute Gasteiger partial charge is 0.355 e. The van der Waals surface area contributed by atoms with Crippen molar-refractivity contribution in [1.29, 1.82) is 0 Å². The van der Waals surface area contributed by atoms with Crippen LogP contribution in [0.3, 0.4) is 0 Å². The molecule has 4 N–H and O–H groups in total. The van der Waals surface area contributed by atoms with Gasteiger partial charge in [-0.3, -0.25) is 4.79 Å². The Bertz CT molecular complexity index is 364. The predicted octanol–water partition coefficient (Wildman–Crippen LogP) is -0.441. The van der Waals surface area contributed by atoms with E-state index in [-0.39, 0.29) is 30.7 Å². The van der Waals surface area contributed by atoms with Gasteiger partial charge in [0.15, 0.2) is 0 Å². The summed E-state index contributed by atoms with van der Waals surface area (Å²) in [6.07, 6.45) is 3.62. The second kappa shape index (κ2) is 7.06. The molecule has 1 amide bonds. The molecule has 1 fully saturated rings. The molecule has 0 aromatic carbocycles. The Hall–Kier alpha value is -0.660. The third-order valence-electron chi connectivity index (χ3n) is 3.02. The number of nitrogens with two attached hydrogens (primary N) is 1. The minimum atomic E-state index is -3.27. The first-order valence-corrected chi connectivity index (χ1v) is 8.04. The molecule has 0 heterocycles. The topological polar surface area (TPSA) is 101 Å². The summed E-state index contributed by atoms with van der Waals surface area (Å²) in [7, 11) is -3.27. The zero-order valence-corrected chi connectivity index (χ0v) is 11.6. The van der Waals surface area contributed by atoms with Gasteiger partial charge in [0.25, 0.3) is 0 Å². The maximum absolute atomic E-state index is 11.6. The molecule has 7 heteroatoms. The molecule has 1 aliphatic rings. The highest BCUT2D eigenvalue weighted by atomic mass is 32.2. The van der Waals surface area contributed by atoms with Crippen LogP contribution >= 0.6 is 0 Å². The summed E-state index contributed by atoms with van der Waals surface area (Å²) in [6.45, 7) is 2.39. The molecule has 1 rings (SSSR count). The van der Waals surface area contributed by atoms with Crippen LogP contribution in [-0.2, 0) is 14.8 Å². The van der Waals surface area contributed by atoms with Crippen molar-refractivity contribution in [3.05, 3.63) is 0 Å². The first kappa shape index (κ1) is 15.4. The Morgan fingerprint density at radius 3 is 2.61 bits per heavy atom. The third kappa shape index (κ3) is 6.32. The molecule has 6 nitrogen and oxygen atoms in total. The minimum absolute atomic E-state index is 0.0790. The number of carbonyl (C=O) groups excluding carboxylic acids is 1. The first-order chi connectivity index (χ1) is 8.39. The second-order valence-corrected chi connectivity index (χ2v) is 6.92. The van der Waals surface area contributed by atoms with Crippen LogP contribution in [0.4, 0.5) is 0 Å². The van der Waals surface area contributed by atoms with E-state index in [4.69, 9.17) is 5.73 Å². The Morgan fingerprint density at radius 2 is 2.11 bits per heavy atom. The smallest absolute Gasteiger partial charge is 0.221 e. The van der Waals surface area contributed by atoms with Gasteiger partial charge in [-0.25, -0.2) is 13.1 Å². The monoisotopic (exact) mass is 277 g/mol. The van der Waals surface area contributed by atoms with Gasteiger partial charge in [-0.1, -0.05) is 6.42 Å². The number of hydrogen-bond acceptors (Lipinski definition) is 4. The van der Waals surface area contributed by atoms with E-state index in [2.05, 4.69) is 10.0 Å². The summed E-state index contributed by atoms with van der Waals surface area (Å²) in [5, 5.41) is 2.55. The number of carbonyl (C=O) groups is 1. The van der Waals surface area contributed by atoms with Gasteiger partial charge in [0, 0.05) is 25.6 Å². The van der Waals surface area contributed by atoms with Crippen LogP contribution < -0.4 is 15.8 Å². The lowest BCUT2D eigenvalue weighted by molar-refractivity contribution is -0.121. The Labute approximate surface area is 109 Å². The summed E-state index contributed by atoms with van der Waals surface area (Å²) >= 11 is 0. The second-order valence-electron chi connectivity index (χ2n) is 5.00. The van der Waals surface area contributed by atoms with Gasteiger partial charge in [0.1, 0.15) is 0 Å². The van der Waals surface area contributed by atoms with Crippen molar-refractivity contribution in [3.63, 3.8) is 0 Å². The molecule has 0 aliphatic heterocycles. The first-order valence-electron chi connectivity index (χ1n) is 6.38. The van der Waals surface area contributed by atoms with Gasteiger partial charge in [-0.2, -0.15) is 0 Å². The van der Waals surface area contributed by atoms with E-state index in [1.165, 1.54) is 6.42 Å². The van der Waals surface area contributed by atoms with Crippen molar-refractivity contribution < 1.29 is 13.2 Å². The summed E-state index contributed by atoms with van der Waals surface area (Å²) in [5.41, 5.74) is 5.46. The zero-order chi connectivity index (χ0) is 13.6. The molecule has 1 atom stereocenters. The summed E-state index contributed by atoms with van der Waals surface area (Å²) < 4.78 is 25.8. The fourth-order valence-corrected chi connectivity index (χ4v) is 2.71. The predicted molar refractivity (Wildman–Crippen MR) is 70.4 cm³/mol. The Kier molecular flexibility index (Phi) is 6.04. The summed E-state index contributed by atoms with van der Waals surface area (Å²) in [6, 6.07) is -0.210. The highest BCUT2D eigenvalue weighted by Crippen LogP contribution is 2.25. The summed E-state index contributed by atoms with van der Waals surface area (Å²) in [4.78, 5) is 11.3. The molecular weight excluding hydrogens is 254 g/mol. The zero-order valence-electron chi connectivity index (χ0n) is 10.8. The van der Waals surface area contributed by atoms with Gasteiger partial charge in [-0.15, -0.1) is 0 Å². The molecule has 0 radical (unpaired) electrons. The van der Waals surface area contributed by atoms with Crippen LogP contribution in [0.1, 0.15) is 32.6 Å². The van der Waals surface area contributed by atoms with E-state index in [1.54, 1.807) is 6.92 Å². The van der Waals surface area contributed by atoms with E-state index in [0.717, 1.165) is 12.8 Å². The van der Waals surface area contributed by atoms with E-state index in [0.29, 0.717) is 12.5 Å². The van der Waals surface area contributed by atoms with Gasteiger partial charge in [-0.05, 0) is 25.7 Å². The van der Waals surface area contributed by atoms with Crippen molar-refractivity contribution in [2.75, 3.05) is 18.8 Å². The molecule has 1 unspecified atom stereocenters. The Morgan fingerprint density at radius 1 is 1.44 bits per heavy atom. The quantitative estimate of drug-likeness (QED) is 0.560. The number of rotatable bonds is 8. The fourth-order valence-electron chi connectivity index (χ4n) is 1.70. The molecule has 0 aromatic heterocycles. The van der Waals surface area contributed by atoms with Crippen molar-refractivity contribution >= 4 is 15.9 Å². The molecule has 0 bridgehead atoms. The van der Waals surface area contributed by atoms with Crippen molar-refractivity contribution in [2.45, 2.75) is 38.6 Å². The maximum Gasteiger partial charge on any atom is 0.221 e. The van der Waals surface area contributed by atoms with Crippen LogP contribution in [-0.4, -0.2) is 39.2 Å². The highest BCUT2D eigenvalue weighted by molar-refractivity contribution is 7.89. The Balaban J connectivity index is 2.14. The van der Waals surface area contributed by atoms with Gasteiger partial charge < -0.3 is 11.1 Å². The number of sulfonamides is 1. The lowest BCUT2D eigenvalue weighted by Gasteiger charge is -2.25. The standard InChI is InChI=1S/C11H23N3O3S/c1-9(12)7-11(15)13-5-6-18(16,17)14-8-10-3-2-4-10/h9-10,14H,2-8,12H2,1H3,(H,13,15). The van der Waals surface area contributed by atoms with Gasteiger partial charge in [0.05, 0.1) is 5.75 Å². The van der Waals surface area contributed by atoms with E-state index in [9.17, 15) is 13.2 Å². The van der Waals surface area contributed by atoms with Crippen LogP contribution in [0.25, 0.3) is 0 Å². The molecule has 18 heavy (non-hydrogen) atoms. The SMILES string of the molecule is CC(N)CC(=O)NCCS(=O)(=O)NCC1CCC1. The van der Waals surface area contributed by atoms with E-state index >= 15 is 0 Å². The normalized spacial score (nSPS) is 18.1. The van der Waals surface area contributed by atoms with Crippen LogP contribution in [0.5, 0.6) is 0 Å². The van der Waals surface area contributed by atoms with Crippen molar-refractivity contribution in [3.8, 4) is 0 Å². The van der Waals surface area contributed by atoms with E-state index < -0.39 is 10.0 Å². The number of amides is 1. The van der Waals surface area contributed by atoms with Gasteiger partial charge in [0.2, 0.25) is 15.9 Å². The average Bonchev–Trinajstić information content (AvgIpc) is 2.12. The van der Waals surface area contributed by atoms with Crippen molar-refractivity contribution in [2.24, 2.45) is 11.7 Å². The van der Waals surface area contributed by atoms with Crippen molar-refractivity contribution in [1.82, 2.24) is 10.0 Å². The number of nitrogens with one attached hydrogen (secondary N) is 2. The van der Waals surface area contributed by atoms with Gasteiger partial charge >= 0.3 is 0 Å². The average molecular weight is 277 g/mol. The molecule has 1 aliphatic carbocycles. The van der Waals surface area contributed by atoms with Crippen LogP contribution in [0.15, 0.2) is 0 Å². The molecule has 0 spiro atoms. The lowest BCUT2D eigenvalue weighted by atomic mass is 9.86. The summed E-state index contributed by atoms with van der Waals surface area (Å²) in [5.74, 6) is 0.205. The lowest BCUT2D eigenvalue weighted by Crippen LogP contribution is -2.38. The molecular formula is C11H23N3O3S. The number of hydrogen-bond donors (Lipinski definition) is 3. The fraction of sp³-hybridized carbons (Fsp3) is 0.909. The highest BCUT2D eigenvalue weighted by Gasteiger charge is 2.20. The molecule has 0 aromatic rings. The molecule has 0 saturated heterocycles. The van der Waals surface area contributed by atoms with Crippen LogP contribution in [0, 0.1) is 5.92 Å². The maximum atomic E-state index is 11.6.